The van der Waals surface area contributed by atoms with E-state index in [9.17, 15) is 0 Å². The Morgan fingerprint density at radius 3 is 2.81 bits per heavy atom. The van der Waals surface area contributed by atoms with Gasteiger partial charge in [0.25, 0.3) is 0 Å². The Labute approximate surface area is 98.7 Å². The molecule has 1 aliphatic rings. The van der Waals surface area contributed by atoms with E-state index in [1.807, 2.05) is 6.20 Å². The SMILES string of the molecule is CCN1Cc2ccncc2C(C(C)(C)C)C1. The lowest BCUT2D eigenvalue weighted by Crippen LogP contribution is -2.38. The van der Waals surface area contributed by atoms with E-state index in [0.29, 0.717) is 11.3 Å². The Morgan fingerprint density at radius 1 is 1.44 bits per heavy atom. The van der Waals surface area contributed by atoms with Crippen LogP contribution in [0.25, 0.3) is 0 Å². The fraction of sp³-hybridized carbons (Fsp3) is 0.643. The van der Waals surface area contributed by atoms with Gasteiger partial charge in [0, 0.05) is 31.4 Å². The van der Waals surface area contributed by atoms with E-state index >= 15 is 0 Å². The predicted molar refractivity (Wildman–Crippen MR) is 67.4 cm³/mol. The van der Waals surface area contributed by atoms with Crippen LogP contribution in [-0.2, 0) is 6.54 Å². The zero-order valence-electron chi connectivity index (χ0n) is 10.8. The summed E-state index contributed by atoms with van der Waals surface area (Å²) >= 11 is 0. The number of pyridine rings is 1. The average Bonchev–Trinajstić information content (AvgIpc) is 2.26. The summed E-state index contributed by atoms with van der Waals surface area (Å²) in [5.41, 5.74) is 3.23. The molecule has 2 heterocycles. The molecule has 0 aliphatic carbocycles. The van der Waals surface area contributed by atoms with E-state index in [1.165, 1.54) is 17.7 Å². The molecular formula is C14H22N2. The molecule has 2 nitrogen and oxygen atoms in total. The molecule has 1 aromatic heterocycles. The second-order valence-corrected chi connectivity index (χ2v) is 5.82. The molecule has 0 spiro atoms. The molecule has 2 rings (SSSR count). The van der Waals surface area contributed by atoms with Gasteiger partial charge in [-0.05, 0) is 29.2 Å². The molecule has 0 saturated carbocycles. The predicted octanol–water partition coefficient (Wildman–Crippen LogP) is 3.05. The summed E-state index contributed by atoms with van der Waals surface area (Å²) in [4.78, 5) is 6.82. The second-order valence-electron chi connectivity index (χ2n) is 5.82. The van der Waals surface area contributed by atoms with E-state index in [4.69, 9.17) is 0 Å². The largest absolute Gasteiger partial charge is 0.299 e. The van der Waals surface area contributed by atoms with Crippen LogP contribution in [-0.4, -0.2) is 23.0 Å². The zero-order chi connectivity index (χ0) is 11.8. The van der Waals surface area contributed by atoms with Crippen LogP contribution >= 0.6 is 0 Å². The van der Waals surface area contributed by atoms with Crippen molar-refractivity contribution in [2.75, 3.05) is 13.1 Å². The van der Waals surface area contributed by atoms with Gasteiger partial charge in [-0.15, -0.1) is 0 Å². The maximum Gasteiger partial charge on any atom is 0.0306 e. The molecule has 0 fully saturated rings. The van der Waals surface area contributed by atoms with E-state index in [1.54, 1.807) is 0 Å². The summed E-state index contributed by atoms with van der Waals surface area (Å²) in [6.07, 6.45) is 3.98. The maximum absolute atomic E-state index is 4.29. The molecule has 1 aliphatic heterocycles. The van der Waals surface area contributed by atoms with E-state index in [2.05, 4.69) is 49.8 Å². The van der Waals surface area contributed by atoms with Crippen molar-refractivity contribution in [3.8, 4) is 0 Å². The van der Waals surface area contributed by atoms with Gasteiger partial charge in [-0.25, -0.2) is 0 Å². The highest BCUT2D eigenvalue weighted by molar-refractivity contribution is 5.31. The van der Waals surface area contributed by atoms with Crippen molar-refractivity contribution in [3.63, 3.8) is 0 Å². The molecule has 88 valence electrons. The van der Waals surface area contributed by atoms with Gasteiger partial charge in [0.15, 0.2) is 0 Å². The molecule has 0 radical (unpaired) electrons. The van der Waals surface area contributed by atoms with Gasteiger partial charge in [0.2, 0.25) is 0 Å². The Hall–Kier alpha value is -0.890. The van der Waals surface area contributed by atoms with Crippen molar-refractivity contribution < 1.29 is 0 Å². The molecule has 1 atom stereocenters. The van der Waals surface area contributed by atoms with Crippen molar-refractivity contribution in [1.29, 1.82) is 0 Å². The van der Waals surface area contributed by atoms with E-state index < -0.39 is 0 Å². The lowest BCUT2D eigenvalue weighted by molar-refractivity contribution is 0.178. The van der Waals surface area contributed by atoms with Crippen LogP contribution in [0.5, 0.6) is 0 Å². The third-order valence-electron chi connectivity index (χ3n) is 3.65. The number of aromatic nitrogens is 1. The Kier molecular flexibility index (Phi) is 3.02. The highest BCUT2D eigenvalue weighted by Gasteiger charge is 2.32. The van der Waals surface area contributed by atoms with Gasteiger partial charge in [-0.3, -0.25) is 9.88 Å². The molecule has 0 N–H and O–H groups in total. The Bertz CT molecular complexity index is 365. The van der Waals surface area contributed by atoms with Crippen molar-refractivity contribution in [1.82, 2.24) is 9.88 Å². The quantitative estimate of drug-likeness (QED) is 0.720. The number of hydrogen-bond donors (Lipinski definition) is 0. The minimum Gasteiger partial charge on any atom is -0.299 e. The average molecular weight is 218 g/mol. The van der Waals surface area contributed by atoms with Gasteiger partial charge in [0.05, 0.1) is 0 Å². The van der Waals surface area contributed by atoms with Crippen LogP contribution in [0.3, 0.4) is 0 Å². The smallest absolute Gasteiger partial charge is 0.0306 e. The lowest BCUT2D eigenvalue weighted by Gasteiger charge is -2.40. The number of fused-ring (bicyclic) bond motifs is 1. The molecule has 2 heteroatoms. The standard InChI is InChI=1S/C14H22N2/c1-5-16-9-11-6-7-15-8-12(11)13(10-16)14(2,3)4/h6-8,13H,5,9-10H2,1-4H3. The van der Waals surface area contributed by atoms with Gasteiger partial charge in [0.1, 0.15) is 0 Å². The highest BCUT2D eigenvalue weighted by Crippen LogP contribution is 2.39. The number of likely N-dealkylation sites (N-methyl/N-ethyl adjacent to an activating group) is 1. The Morgan fingerprint density at radius 2 is 2.19 bits per heavy atom. The van der Waals surface area contributed by atoms with Crippen LogP contribution in [0.1, 0.15) is 44.7 Å². The molecule has 1 unspecified atom stereocenters. The fourth-order valence-corrected chi connectivity index (χ4v) is 2.54. The molecular weight excluding hydrogens is 196 g/mol. The second kappa shape index (κ2) is 4.17. The summed E-state index contributed by atoms with van der Waals surface area (Å²) < 4.78 is 0. The van der Waals surface area contributed by atoms with Crippen molar-refractivity contribution in [2.45, 2.75) is 40.2 Å². The summed E-state index contributed by atoms with van der Waals surface area (Å²) in [5, 5.41) is 0. The summed E-state index contributed by atoms with van der Waals surface area (Å²) in [6.45, 7) is 12.6. The molecule has 0 aromatic carbocycles. The normalized spacial score (nSPS) is 21.9. The monoisotopic (exact) mass is 218 g/mol. The fourth-order valence-electron chi connectivity index (χ4n) is 2.54. The third kappa shape index (κ3) is 2.12. The first kappa shape index (κ1) is 11.6. The summed E-state index contributed by atoms with van der Waals surface area (Å²) in [5.74, 6) is 0.602. The number of hydrogen-bond acceptors (Lipinski definition) is 2. The minimum absolute atomic E-state index is 0.311. The Balaban J connectivity index is 2.39. The topological polar surface area (TPSA) is 16.1 Å². The highest BCUT2D eigenvalue weighted by atomic mass is 15.1. The first-order valence-electron chi connectivity index (χ1n) is 6.17. The van der Waals surface area contributed by atoms with Crippen LogP contribution in [0.2, 0.25) is 0 Å². The van der Waals surface area contributed by atoms with E-state index in [0.717, 1.165) is 13.1 Å². The summed E-state index contributed by atoms with van der Waals surface area (Å²) in [7, 11) is 0. The third-order valence-corrected chi connectivity index (χ3v) is 3.65. The number of nitrogens with zero attached hydrogens (tertiary/aromatic N) is 2. The van der Waals surface area contributed by atoms with Gasteiger partial charge >= 0.3 is 0 Å². The van der Waals surface area contributed by atoms with Gasteiger partial charge in [-0.1, -0.05) is 27.7 Å². The number of rotatable bonds is 1. The van der Waals surface area contributed by atoms with Crippen LogP contribution < -0.4 is 0 Å². The van der Waals surface area contributed by atoms with Crippen molar-refractivity contribution >= 4 is 0 Å². The maximum atomic E-state index is 4.29. The first-order valence-corrected chi connectivity index (χ1v) is 6.17. The van der Waals surface area contributed by atoms with Crippen LogP contribution in [0, 0.1) is 5.41 Å². The summed E-state index contributed by atoms with van der Waals surface area (Å²) in [6, 6.07) is 2.18. The van der Waals surface area contributed by atoms with Crippen LogP contribution in [0.15, 0.2) is 18.5 Å². The minimum atomic E-state index is 0.311. The first-order chi connectivity index (χ1) is 7.52. The van der Waals surface area contributed by atoms with E-state index in [-0.39, 0.29) is 0 Å². The molecule has 0 bridgehead atoms. The molecule has 1 aromatic rings. The van der Waals surface area contributed by atoms with Crippen molar-refractivity contribution in [2.24, 2.45) is 5.41 Å². The van der Waals surface area contributed by atoms with Crippen LogP contribution in [0.4, 0.5) is 0 Å². The van der Waals surface area contributed by atoms with Gasteiger partial charge < -0.3 is 0 Å². The van der Waals surface area contributed by atoms with Gasteiger partial charge in [-0.2, -0.15) is 0 Å². The molecule has 16 heavy (non-hydrogen) atoms. The lowest BCUT2D eigenvalue weighted by atomic mass is 9.73. The van der Waals surface area contributed by atoms with Crippen molar-refractivity contribution in [3.05, 3.63) is 29.6 Å². The molecule has 0 saturated heterocycles. The molecule has 0 amide bonds. The zero-order valence-corrected chi connectivity index (χ0v) is 10.8.